The summed E-state index contributed by atoms with van der Waals surface area (Å²) in [6, 6.07) is 48.8. The number of fused-ring (bicyclic) bond motifs is 1. The highest BCUT2D eigenvalue weighted by Gasteiger charge is 2.58. The van der Waals surface area contributed by atoms with Crippen molar-refractivity contribution in [2.24, 2.45) is 40.7 Å². The zero-order valence-corrected chi connectivity index (χ0v) is 89.6. The number of allylic oxidation sites excluding steroid dienone is 6. The van der Waals surface area contributed by atoms with Gasteiger partial charge in [0.05, 0.1) is 56.0 Å². The maximum atomic E-state index is 12.4. The normalized spacial score (nSPS) is 14.6. The largest absolute Gasteiger partial charge is 0.508 e. The SMILES string of the molecule is CO.CSCC(NC(=O)CCC(N)C(=O)O)C(=O)CC(CCCN)C(=O)O.CSCC(NC(=O)CCC(N)C(=O)O)C(=O)CC(CCCN)C(=O)O.O=C(O)Cc1ccccc1CC1=C(Cl)C=CC2OC12Cl.O=C(O)Cc1ccccc1Cc1c(Cl)cc(O)cc1Cl.O=C(O)Cc1ccccc1Cc1c(Cl)cccc1Cl.O=C(O)Cc1ccccc1Cc1ccccc1Cl.O=C1C=C(Cl)C(Cc2ccccc2CC(=O)O)C(Cl)=C1. The second kappa shape index (κ2) is 68.6. The molecule has 8 aromatic carbocycles. The minimum absolute atomic E-state index is 0.00174. The standard InChI is InChI=1S/3C15H12Cl2O3.C15H12Cl2O2.C15H13ClO2.2C15H27N3O6S.CH4O/c16-12-5-6-13-15(17,20-13)11(12)7-9-3-1-2-4-10(9)8-14(18)19;2*16-13-7-11(18)8-14(17)12(13)5-9-3-1-2-4-10(9)6-15(19)20;16-13-6-3-7-14(17)12(13)8-10-4-1-2-5-11(10)9-15(18)19;16-14-8-4-3-7-13(14)9-11-5-1-2-6-12(11)10-15(17)18;2*1-25-8-11(18-13(20)5-4-10(17)15(23)24)12(19)7-9(14(21)22)3-2-6-16;1-2/h1-6,13H,7-8H2,(H,18,19);1-4,7-8,18H,5-6H2,(H,19,20);1-4,7-8,12H,5-6H2,(H,19,20);1-7H,8-9H2,(H,18,19);1-8H,9-10H2,(H,17,18);2*9-11H,2-8,16-17H2,1H3,(H,18,20)(H,21,22)(H,23,24);2H,1H3. The van der Waals surface area contributed by atoms with Gasteiger partial charge in [0.1, 0.15) is 23.9 Å². The molecule has 1 saturated heterocycles. The summed E-state index contributed by atoms with van der Waals surface area (Å²) in [7, 11) is 1.00. The van der Waals surface area contributed by atoms with Crippen LogP contribution in [0.2, 0.25) is 25.1 Å². The zero-order valence-electron chi connectivity index (χ0n) is 81.2. The number of aliphatic hydroxyl groups excluding tert-OH is 1. The zero-order chi connectivity index (χ0) is 111. The van der Waals surface area contributed by atoms with Crippen molar-refractivity contribution >= 4 is 211 Å². The summed E-state index contributed by atoms with van der Waals surface area (Å²) in [5.74, 6) is -12.1. The molecule has 1 fully saturated rings. The van der Waals surface area contributed by atoms with Crippen molar-refractivity contribution in [1.82, 2.24) is 10.6 Å². The summed E-state index contributed by atoms with van der Waals surface area (Å²) in [4.78, 5) is 158. The first-order valence-corrected chi connectivity index (χ1v) is 52.2. The Kier molecular flexibility index (Phi) is 59.8. The van der Waals surface area contributed by atoms with E-state index >= 15 is 0 Å². The number of aliphatic carboxylic acids is 9. The van der Waals surface area contributed by atoms with Crippen LogP contribution >= 0.6 is 128 Å². The van der Waals surface area contributed by atoms with E-state index < -0.39 is 107 Å². The second-order valence-corrected chi connectivity index (χ2v) is 39.3. The Hall–Kier alpha value is -11.2. The van der Waals surface area contributed by atoms with Gasteiger partial charge in [0.25, 0.3) is 0 Å². The number of carbonyl (C=O) groups excluding carboxylic acids is 5. The Bertz CT molecular complexity index is 5900. The maximum Gasteiger partial charge on any atom is 0.320 e. The van der Waals surface area contributed by atoms with E-state index in [1.807, 2.05) is 127 Å². The van der Waals surface area contributed by atoms with Gasteiger partial charge in [-0.25, -0.2) is 0 Å². The van der Waals surface area contributed by atoms with Crippen LogP contribution in [0.5, 0.6) is 5.75 Å². The van der Waals surface area contributed by atoms with Gasteiger partial charge in [-0.1, -0.05) is 250 Å². The van der Waals surface area contributed by atoms with E-state index in [0.717, 1.165) is 79.4 Å². The first-order chi connectivity index (χ1) is 70.6. The van der Waals surface area contributed by atoms with Crippen molar-refractivity contribution in [3.8, 4) is 5.75 Å². The number of phenolic OH excluding ortho intramolecular Hbond substituents is 1. The molecule has 0 saturated carbocycles. The summed E-state index contributed by atoms with van der Waals surface area (Å²) in [5.41, 5.74) is 33.1. The van der Waals surface area contributed by atoms with Crippen LogP contribution in [-0.2, 0) is 136 Å². The number of aliphatic hydroxyl groups is 1. The number of carboxylic acid groups (broad SMARTS) is 9. The first-order valence-electron chi connectivity index (χ1n) is 46.0. The predicted octanol–water partition coefficient (Wildman–Crippen LogP) is 16.7. The number of aromatic hydroxyl groups is 1. The number of halogens is 9. The number of ketones is 3. The van der Waals surface area contributed by atoms with Crippen LogP contribution in [0.1, 0.15) is 137 Å². The minimum atomic E-state index is -1.20. The molecule has 0 radical (unpaired) electrons. The number of carboxylic acids is 9. The molecule has 3 aliphatic rings. The molecule has 32 nitrogen and oxygen atoms in total. The molecule has 149 heavy (non-hydrogen) atoms. The van der Waals surface area contributed by atoms with Crippen LogP contribution in [0, 0.1) is 17.8 Å². The number of phenols is 1. The summed E-state index contributed by atoms with van der Waals surface area (Å²) in [6.45, 7) is 0.680. The molecular weight excluding hydrogens is 2160 g/mol. The molecule has 1 heterocycles. The van der Waals surface area contributed by atoms with Gasteiger partial charge in [-0.2, -0.15) is 23.5 Å². The van der Waals surface area contributed by atoms with Crippen molar-refractivity contribution < 1.29 is 128 Å². The van der Waals surface area contributed by atoms with Crippen molar-refractivity contribution in [3.05, 3.63) is 318 Å². The van der Waals surface area contributed by atoms with Crippen molar-refractivity contribution in [3.63, 3.8) is 0 Å². The molecule has 21 N–H and O–H groups in total. The molecule has 8 unspecified atom stereocenters. The van der Waals surface area contributed by atoms with Gasteiger partial charge in [-0.15, -0.1) is 0 Å². The number of benzene rings is 8. The number of hydrogen-bond donors (Lipinski definition) is 17. The van der Waals surface area contributed by atoms with Crippen LogP contribution < -0.4 is 33.6 Å². The third-order valence-corrected chi connectivity index (χ3v) is 27.2. The van der Waals surface area contributed by atoms with E-state index in [2.05, 4.69) is 10.6 Å². The summed E-state index contributed by atoms with van der Waals surface area (Å²) in [5, 5.41) is 105. The number of nitrogens with two attached hydrogens (primary N) is 4. The summed E-state index contributed by atoms with van der Waals surface area (Å²) >= 11 is 58.0. The first kappa shape index (κ1) is 130. The topological polar surface area (TPSA) is 602 Å². The van der Waals surface area contributed by atoms with Gasteiger partial charge in [0.2, 0.25) is 11.8 Å². The van der Waals surface area contributed by atoms with E-state index in [-0.39, 0.29) is 106 Å². The highest BCUT2D eigenvalue weighted by atomic mass is 35.5. The van der Waals surface area contributed by atoms with Gasteiger partial charge in [-0.05, 0) is 198 Å². The number of ether oxygens (including phenoxy) is 1. The molecule has 2 amide bonds. The fourth-order valence-corrected chi connectivity index (χ4v) is 18.6. The fraction of sp³-hybridized carbons (Fsp3) is 0.340. The van der Waals surface area contributed by atoms with E-state index in [9.17, 15) is 82.4 Å². The monoisotopic (exact) mass is 2270 g/mol. The molecule has 11 rings (SSSR count). The number of hydrogen-bond acceptors (Lipinski definition) is 23. The van der Waals surface area contributed by atoms with E-state index in [4.69, 9.17) is 173 Å². The average Bonchev–Trinajstić information content (AvgIpc) is 1.57. The maximum absolute atomic E-state index is 12.4. The van der Waals surface area contributed by atoms with Crippen molar-refractivity contribution in [1.29, 1.82) is 0 Å². The highest BCUT2D eigenvalue weighted by molar-refractivity contribution is 7.98. The quantitative estimate of drug-likeness (QED) is 0.0124. The van der Waals surface area contributed by atoms with Gasteiger partial charge in [-0.3, -0.25) is 67.1 Å². The van der Waals surface area contributed by atoms with Crippen LogP contribution in [0.4, 0.5) is 0 Å². The molecule has 43 heteroatoms. The molecule has 0 spiro atoms. The predicted molar refractivity (Wildman–Crippen MR) is 579 cm³/mol. The summed E-state index contributed by atoms with van der Waals surface area (Å²) in [6.07, 6.45) is 13.1. The van der Waals surface area contributed by atoms with Crippen LogP contribution in [0.15, 0.2) is 221 Å². The lowest BCUT2D eigenvalue weighted by Crippen LogP contribution is -2.44. The molecule has 8 atom stereocenters. The smallest absolute Gasteiger partial charge is 0.320 e. The Morgan fingerprint density at radius 3 is 1.06 bits per heavy atom. The third kappa shape index (κ3) is 47.5. The van der Waals surface area contributed by atoms with Crippen molar-refractivity contribution in [2.45, 2.75) is 164 Å². The van der Waals surface area contributed by atoms with Crippen molar-refractivity contribution in [2.75, 3.05) is 44.2 Å². The van der Waals surface area contributed by atoms with Crippen LogP contribution in [0.25, 0.3) is 0 Å². The Balaban J connectivity index is 0.000000361. The molecule has 8 aromatic rings. The van der Waals surface area contributed by atoms with Crippen LogP contribution in [-0.4, -0.2) is 219 Å². The number of alkyl halides is 1. The fourth-order valence-electron chi connectivity index (χ4n) is 14.7. The second-order valence-electron chi connectivity index (χ2n) is 33.6. The number of thioether (sulfide) groups is 2. The molecule has 804 valence electrons. The number of carbonyl (C=O) groups is 14. The van der Waals surface area contributed by atoms with E-state index in [1.165, 1.54) is 47.8 Å². The minimum Gasteiger partial charge on any atom is -0.508 e. The Morgan fingerprint density at radius 1 is 0.409 bits per heavy atom. The number of amides is 2. The van der Waals surface area contributed by atoms with Gasteiger partial charge >= 0.3 is 53.7 Å². The molecule has 2 aliphatic carbocycles. The average molecular weight is 2280 g/mol. The number of epoxide rings is 1. The third-order valence-electron chi connectivity index (χ3n) is 22.5. The number of Topliss-reactive ketones (excluding diaryl/α,β-unsaturated/α-hetero) is 2. The molecule has 0 aromatic heterocycles. The number of nitrogens with one attached hydrogen (secondary N) is 2. The van der Waals surface area contributed by atoms with E-state index in [1.54, 1.807) is 61.1 Å². The lowest BCUT2D eigenvalue weighted by molar-refractivity contribution is -0.144. The Labute approximate surface area is 915 Å². The van der Waals surface area contributed by atoms with E-state index in [0.29, 0.717) is 128 Å². The lowest BCUT2D eigenvalue weighted by Gasteiger charge is -2.20. The molecular formula is C106H119Cl9N6O26S2. The lowest BCUT2D eigenvalue weighted by atomic mass is 9.91. The van der Waals surface area contributed by atoms with Crippen LogP contribution in [0.3, 0.4) is 0 Å². The Morgan fingerprint density at radius 2 is 0.725 bits per heavy atom. The van der Waals surface area contributed by atoms with Gasteiger partial charge in [0, 0.05) is 121 Å². The number of rotatable bonds is 48. The molecule has 1 aliphatic heterocycles. The van der Waals surface area contributed by atoms with Gasteiger partial charge < -0.3 is 94.5 Å². The van der Waals surface area contributed by atoms with Gasteiger partial charge in [0.15, 0.2) is 22.4 Å². The molecule has 0 bridgehead atoms. The summed E-state index contributed by atoms with van der Waals surface area (Å²) < 4.78 is 5.46. The highest BCUT2D eigenvalue weighted by Crippen LogP contribution is 2.53.